The van der Waals surface area contributed by atoms with Gasteiger partial charge in [0, 0.05) is 17.3 Å². The summed E-state index contributed by atoms with van der Waals surface area (Å²) in [4.78, 5) is 12.6. The highest BCUT2D eigenvalue weighted by Gasteiger charge is 2.54. The highest BCUT2D eigenvalue weighted by Crippen LogP contribution is 2.60. The van der Waals surface area contributed by atoms with Crippen LogP contribution in [0.4, 0.5) is 0 Å². The van der Waals surface area contributed by atoms with Crippen LogP contribution in [0.1, 0.15) is 51.9 Å². The normalized spacial score (nSPS) is 42.9. The molecular formula is C15H24ClNO. The SMILES string of the molecule is CC(CCCl)NC(=O)C12CC3CC(CC(C3)C1)C2. The molecule has 4 bridgehead atoms. The molecule has 3 heteroatoms. The fourth-order valence-corrected chi connectivity index (χ4v) is 5.33. The van der Waals surface area contributed by atoms with E-state index >= 15 is 0 Å². The molecule has 0 aromatic rings. The number of carbonyl (C=O) groups excluding carboxylic acids is 1. The van der Waals surface area contributed by atoms with E-state index in [1.54, 1.807) is 0 Å². The predicted octanol–water partition coefficient (Wildman–Crippen LogP) is 3.34. The van der Waals surface area contributed by atoms with Crippen LogP contribution in [0.3, 0.4) is 0 Å². The van der Waals surface area contributed by atoms with E-state index in [1.165, 1.54) is 19.3 Å². The first-order valence-corrected chi connectivity index (χ1v) is 8.02. The summed E-state index contributed by atoms with van der Waals surface area (Å²) in [6.45, 7) is 2.07. The zero-order valence-electron chi connectivity index (χ0n) is 11.3. The number of rotatable bonds is 4. The Morgan fingerprint density at radius 3 is 2.17 bits per heavy atom. The number of halogens is 1. The molecule has 1 unspecified atom stereocenters. The van der Waals surface area contributed by atoms with Crippen LogP contribution in [-0.4, -0.2) is 17.8 Å². The Hall–Kier alpha value is -0.240. The Bertz CT molecular complexity index is 306. The van der Waals surface area contributed by atoms with Crippen LogP contribution in [0, 0.1) is 23.2 Å². The van der Waals surface area contributed by atoms with Crippen molar-refractivity contribution in [2.45, 2.75) is 57.9 Å². The lowest BCUT2D eigenvalue weighted by molar-refractivity contribution is -0.146. The third-order valence-electron chi connectivity index (χ3n) is 5.44. The highest BCUT2D eigenvalue weighted by molar-refractivity contribution is 6.17. The van der Waals surface area contributed by atoms with E-state index in [0.717, 1.165) is 43.4 Å². The molecule has 18 heavy (non-hydrogen) atoms. The third-order valence-corrected chi connectivity index (χ3v) is 5.66. The average Bonchev–Trinajstić information content (AvgIpc) is 2.27. The summed E-state index contributed by atoms with van der Waals surface area (Å²) in [5.74, 6) is 3.47. The Morgan fingerprint density at radius 1 is 1.22 bits per heavy atom. The number of carbonyl (C=O) groups is 1. The minimum absolute atomic E-state index is 0.00464. The molecule has 4 aliphatic carbocycles. The molecule has 4 saturated carbocycles. The summed E-state index contributed by atoms with van der Waals surface area (Å²) < 4.78 is 0. The summed E-state index contributed by atoms with van der Waals surface area (Å²) in [7, 11) is 0. The van der Waals surface area contributed by atoms with Crippen molar-refractivity contribution in [3.8, 4) is 0 Å². The second-order valence-electron chi connectivity index (χ2n) is 7.05. The number of hydrogen-bond donors (Lipinski definition) is 1. The molecule has 2 nitrogen and oxygen atoms in total. The molecule has 1 atom stereocenters. The molecule has 0 aromatic carbocycles. The van der Waals surface area contributed by atoms with Gasteiger partial charge in [0.15, 0.2) is 0 Å². The van der Waals surface area contributed by atoms with E-state index in [2.05, 4.69) is 12.2 Å². The van der Waals surface area contributed by atoms with Crippen LogP contribution in [0.5, 0.6) is 0 Å². The molecule has 1 amide bonds. The van der Waals surface area contributed by atoms with E-state index in [4.69, 9.17) is 11.6 Å². The number of hydrogen-bond acceptors (Lipinski definition) is 1. The summed E-state index contributed by atoms with van der Waals surface area (Å²) in [6.07, 6.45) is 8.51. The van der Waals surface area contributed by atoms with Crippen molar-refractivity contribution in [3.05, 3.63) is 0 Å². The molecule has 0 radical (unpaired) electrons. The minimum Gasteiger partial charge on any atom is -0.353 e. The zero-order chi connectivity index (χ0) is 12.8. The standard InChI is InChI=1S/C15H24ClNO/c1-10(2-3-16)17-14(18)15-7-11-4-12(8-15)6-13(5-11)9-15/h10-13H,2-9H2,1H3,(H,17,18). The van der Waals surface area contributed by atoms with Crippen LogP contribution in [-0.2, 0) is 4.79 Å². The molecular weight excluding hydrogens is 246 g/mol. The van der Waals surface area contributed by atoms with Crippen molar-refractivity contribution in [1.82, 2.24) is 5.32 Å². The average molecular weight is 270 g/mol. The predicted molar refractivity (Wildman–Crippen MR) is 73.5 cm³/mol. The summed E-state index contributed by atoms with van der Waals surface area (Å²) in [6, 6.07) is 0.225. The van der Waals surface area contributed by atoms with Gasteiger partial charge < -0.3 is 5.32 Å². The maximum Gasteiger partial charge on any atom is 0.226 e. The van der Waals surface area contributed by atoms with Gasteiger partial charge in [0.25, 0.3) is 0 Å². The Morgan fingerprint density at radius 2 is 1.72 bits per heavy atom. The van der Waals surface area contributed by atoms with Gasteiger partial charge >= 0.3 is 0 Å². The lowest BCUT2D eigenvalue weighted by atomic mass is 9.49. The minimum atomic E-state index is -0.00464. The lowest BCUT2D eigenvalue weighted by Gasteiger charge is -2.55. The van der Waals surface area contributed by atoms with Gasteiger partial charge in [0.05, 0.1) is 0 Å². The van der Waals surface area contributed by atoms with Gasteiger partial charge in [-0.05, 0) is 69.6 Å². The number of alkyl halides is 1. The van der Waals surface area contributed by atoms with Gasteiger partial charge in [-0.2, -0.15) is 0 Å². The van der Waals surface area contributed by atoms with Crippen molar-refractivity contribution < 1.29 is 4.79 Å². The first-order chi connectivity index (χ1) is 8.61. The van der Waals surface area contributed by atoms with Crippen molar-refractivity contribution in [2.75, 3.05) is 5.88 Å². The summed E-state index contributed by atoms with van der Waals surface area (Å²) >= 11 is 5.75. The topological polar surface area (TPSA) is 29.1 Å². The van der Waals surface area contributed by atoms with Crippen LogP contribution >= 0.6 is 11.6 Å². The van der Waals surface area contributed by atoms with E-state index in [9.17, 15) is 4.79 Å². The molecule has 1 N–H and O–H groups in total. The van der Waals surface area contributed by atoms with Crippen molar-refractivity contribution in [1.29, 1.82) is 0 Å². The number of nitrogens with one attached hydrogen (secondary N) is 1. The molecule has 0 saturated heterocycles. The van der Waals surface area contributed by atoms with Gasteiger partial charge in [-0.1, -0.05) is 0 Å². The Labute approximate surface area is 115 Å². The molecule has 0 aromatic heterocycles. The van der Waals surface area contributed by atoms with Crippen LogP contribution < -0.4 is 5.32 Å². The lowest BCUT2D eigenvalue weighted by Crippen LogP contribution is -2.54. The molecule has 4 rings (SSSR count). The second-order valence-corrected chi connectivity index (χ2v) is 7.43. The monoisotopic (exact) mass is 269 g/mol. The molecule has 0 heterocycles. The van der Waals surface area contributed by atoms with Crippen molar-refractivity contribution in [3.63, 3.8) is 0 Å². The van der Waals surface area contributed by atoms with Crippen LogP contribution in [0.25, 0.3) is 0 Å². The fraction of sp³-hybridized carbons (Fsp3) is 0.933. The highest BCUT2D eigenvalue weighted by atomic mass is 35.5. The largest absolute Gasteiger partial charge is 0.353 e. The van der Waals surface area contributed by atoms with Crippen LogP contribution in [0.2, 0.25) is 0 Å². The van der Waals surface area contributed by atoms with Gasteiger partial charge in [0.1, 0.15) is 0 Å². The molecule has 0 aliphatic heterocycles. The number of amides is 1. The summed E-state index contributed by atoms with van der Waals surface area (Å²) in [5.41, 5.74) is -0.00464. The smallest absolute Gasteiger partial charge is 0.226 e. The van der Waals surface area contributed by atoms with Gasteiger partial charge in [-0.25, -0.2) is 0 Å². The van der Waals surface area contributed by atoms with Gasteiger partial charge in [-0.15, -0.1) is 11.6 Å². The third kappa shape index (κ3) is 2.17. The van der Waals surface area contributed by atoms with Gasteiger partial charge in [-0.3, -0.25) is 4.79 Å². The maximum atomic E-state index is 12.6. The van der Waals surface area contributed by atoms with E-state index < -0.39 is 0 Å². The molecule has 4 fully saturated rings. The van der Waals surface area contributed by atoms with Crippen molar-refractivity contribution in [2.24, 2.45) is 23.2 Å². The fourth-order valence-electron chi connectivity index (χ4n) is 5.00. The second kappa shape index (κ2) is 4.70. The van der Waals surface area contributed by atoms with E-state index in [-0.39, 0.29) is 11.5 Å². The van der Waals surface area contributed by atoms with Crippen molar-refractivity contribution >= 4 is 17.5 Å². The van der Waals surface area contributed by atoms with E-state index in [0.29, 0.717) is 11.8 Å². The molecule has 0 spiro atoms. The van der Waals surface area contributed by atoms with Crippen LogP contribution in [0.15, 0.2) is 0 Å². The summed E-state index contributed by atoms with van der Waals surface area (Å²) in [5, 5.41) is 3.21. The zero-order valence-corrected chi connectivity index (χ0v) is 12.0. The van der Waals surface area contributed by atoms with E-state index in [1.807, 2.05) is 0 Å². The van der Waals surface area contributed by atoms with Gasteiger partial charge in [0.2, 0.25) is 5.91 Å². The molecule has 102 valence electrons. The Balaban J connectivity index is 1.69. The Kier molecular flexibility index (Phi) is 3.34. The maximum absolute atomic E-state index is 12.6. The quantitative estimate of drug-likeness (QED) is 0.780. The molecule has 4 aliphatic rings. The first kappa shape index (κ1) is 12.8. The first-order valence-electron chi connectivity index (χ1n) is 7.48.